The number of halogens is 1. The highest BCUT2D eigenvalue weighted by atomic mass is 19.1. The molecule has 1 saturated heterocycles. The van der Waals surface area contributed by atoms with Crippen LogP contribution in [0.15, 0.2) is 48.5 Å². The van der Waals surface area contributed by atoms with Crippen LogP contribution in [-0.4, -0.2) is 65.8 Å². The summed E-state index contributed by atoms with van der Waals surface area (Å²) in [6.45, 7) is 9.06. The second-order valence-electron chi connectivity index (χ2n) is 9.13. The molecule has 0 spiro atoms. The fraction of sp³-hybridized carbons (Fsp3) is 0.500. The molecule has 1 heterocycles. The maximum Gasteiger partial charge on any atom is 0.253 e. The number of aryl methyl sites for hydroxylation is 1. The van der Waals surface area contributed by atoms with Gasteiger partial charge in [-0.05, 0) is 54.7 Å². The third-order valence-electron chi connectivity index (χ3n) is 6.47. The lowest BCUT2D eigenvalue weighted by Gasteiger charge is -2.36. The van der Waals surface area contributed by atoms with Crippen molar-refractivity contribution in [1.29, 1.82) is 0 Å². The Morgan fingerprint density at radius 3 is 2.15 bits per heavy atom. The van der Waals surface area contributed by atoms with Gasteiger partial charge in [-0.15, -0.1) is 0 Å². The minimum atomic E-state index is -0.268. The number of hydrogen-bond donors (Lipinski definition) is 0. The predicted octanol–water partition coefficient (Wildman–Crippen LogP) is 4.76. The zero-order valence-corrected chi connectivity index (χ0v) is 20.6. The number of nitrogens with zero attached hydrogens (tertiary/aromatic N) is 3. The van der Waals surface area contributed by atoms with Gasteiger partial charge >= 0.3 is 0 Å². The van der Waals surface area contributed by atoms with Crippen LogP contribution >= 0.6 is 0 Å². The molecule has 184 valence electrons. The van der Waals surface area contributed by atoms with Crippen LogP contribution in [0.5, 0.6) is 0 Å². The maximum absolute atomic E-state index is 13.2. The summed E-state index contributed by atoms with van der Waals surface area (Å²) in [5.41, 5.74) is 2.97. The molecule has 0 bridgehead atoms. The maximum atomic E-state index is 13.2. The van der Waals surface area contributed by atoms with E-state index >= 15 is 0 Å². The van der Waals surface area contributed by atoms with Crippen LogP contribution < -0.4 is 0 Å². The van der Waals surface area contributed by atoms with Gasteiger partial charge in [0.2, 0.25) is 5.91 Å². The Morgan fingerprint density at radius 1 is 0.882 bits per heavy atom. The molecule has 0 radical (unpaired) electrons. The Balaban J connectivity index is 1.49. The molecule has 1 fully saturated rings. The first-order valence-electron chi connectivity index (χ1n) is 12.6. The van der Waals surface area contributed by atoms with Crippen LogP contribution in [0.4, 0.5) is 4.39 Å². The van der Waals surface area contributed by atoms with E-state index in [1.807, 2.05) is 28.9 Å². The number of amides is 2. The standard InChI is InChI=1S/C28H38FN3O2/c1-3-5-7-23-8-12-25(13-9-23)28(34)31-19-16-30(17-20-31)18-21-32(27(33)6-4-2)22-24-10-14-26(29)15-11-24/h8-15H,3-7,16-22H2,1-2H3. The van der Waals surface area contributed by atoms with Crippen molar-refractivity contribution in [2.24, 2.45) is 0 Å². The van der Waals surface area contributed by atoms with Crippen molar-refractivity contribution < 1.29 is 14.0 Å². The lowest BCUT2D eigenvalue weighted by molar-refractivity contribution is -0.132. The average molecular weight is 468 g/mol. The lowest BCUT2D eigenvalue weighted by atomic mass is 10.1. The van der Waals surface area contributed by atoms with E-state index in [2.05, 4.69) is 24.0 Å². The Kier molecular flexibility index (Phi) is 10.1. The predicted molar refractivity (Wildman–Crippen MR) is 134 cm³/mol. The van der Waals surface area contributed by atoms with Gasteiger partial charge in [0.25, 0.3) is 5.91 Å². The largest absolute Gasteiger partial charge is 0.337 e. The van der Waals surface area contributed by atoms with Gasteiger partial charge in [0.05, 0.1) is 0 Å². The lowest BCUT2D eigenvalue weighted by Crippen LogP contribution is -2.50. The summed E-state index contributed by atoms with van der Waals surface area (Å²) in [6, 6.07) is 14.4. The Bertz CT molecular complexity index is 906. The number of unbranched alkanes of at least 4 members (excludes halogenated alkanes) is 1. The van der Waals surface area contributed by atoms with Crippen LogP contribution in [-0.2, 0) is 17.8 Å². The van der Waals surface area contributed by atoms with Crippen molar-refractivity contribution in [2.45, 2.75) is 52.5 Å². The molecule has 3 rings (SSSR count). The Labute approximate surface area is 203 Å². The molecule has 0 aromatic heterocycles. The molecule has 0 saturated carbocycles. The van der Waals surface area contributed by atoms with Crippen molar-refractivity contribution >= 4 is 11.8 Å². The van der Waals surface area contributed by atoms with Crippen molar-refractivity contribution in [3.05, 3.63) is 71.0 Å². The number of carbonyl (C=O) groups excluding carboxylic acids is 2. The van der Waals surface area contributed by atoms with Crippen LogP contribution in [0.25, 0.3) is 0 Å². The number of piperazine rings is 1. The molecular formula is C28H38FN3O2. The SMILES string of the molecule is CCCCc1ccc(C(=O)N2CCN(CCN(Cc3ccc(F)cc3)C(=O)CCC)CC2)cc1. The third-order valence-corrected chi connectivity index (χ3v) is 6.47. The van der Waals surface area contributed by atoms with Gasteiger partial charge in [0.1, 0.15) is 5.82 Å². The number of carbonyl (C=O) groups is 2. The van der Waals surface area contributed by atoms with E-state index in [4.69, 9.17) is 0 Å². The summed E-state index contributed by atoms with van der Waals surface area (Å²) in [6.07, 6.45) is 4.71. The normalized spacial score (nSPS) is 14.3. The molecule has 1 aliphatic rings. The van der Waals surface area contributed by atoms with E-state index in [-0.39, 0.29) is 17.6 Å². The topological polar surface area (TPSA) is 43.9 Å². The average Bonchev–Trinajstić information content (AvgIpc) is 2.86. The number of hydrogen-bond acceptors (Lipinski definition) is 3. The molecule has 2 aromatic carbocycles. The highest BCUT2D eigenvalue weighted by molar-refractivity contribution is 5.94. The summed E-state index contributed by atoms with van der Waals surface area (Å²) in [7, 11) is 0. The molecule has 0 unspecified atom stereocenters. The van der Waals surface area contributed by atoms with Crippen molar-refractivity contribution in [3.8, 4) is 0 Å². The molecular weight excluding hydrogens is 429 g/mol. The van der Waals surface area contributed by atoms with Gasteiger partial charge in [-0.2, -0.15) is 0 Å². The van der Waals surface area contributed by atoms with E-state index in [9.17, 15) is 14.0 Å². The molecule has 6 heteroatoms. The summed E-state index contributed by atoms with van der Waals surface area (Å²) < 4.78 is 13.2. The van der Waals surface area contributed by atoms with E-state index in [1.54, 1.807) is 12.1 Å². The summed E-state index contributed by atoms with van der Waals surface area (Å²) >= 11 is 0. The number of benzene rings is 2. The van der Waals surface area contributed by atoms with Crippen LogP contribution in [0.3, 0.4) is 0 Å². The van der Waals surface area contributed by atoms with Gasteiger partial charge in [0.15, 0.2) is 0 Å². The van der Waals surface area contributed by atoms with E-state index < -0.39 is 0 Å². The van der Waals surface area contributed by atoms with Crippen molar-refractivity contribution in [2.75, 3.05) is 39.3 Å². The van der Waals surface area contributed by atoms with Gasteiger partial charge in [-0.3, -0.25) is 14.5 Å². The van der Waals surface area contributed by atoms with Gasteiger partial charge in [-0.1, -0.05) is 44.5 Å². The quantitative estimate of drug-likeness (QED) is 0.479. The zero-order valence-electron chi connectivity index (χ0n) is 20.6. The molecule has 2 amide bonds. The molecule has 0 aliphatic carbocycles. The molecule has 0 N–H and O–H groups in total. The molecule has 2 aromatic rings. The smallest absolute Gasteiger partial charge is 0.253 e. The summed E-state index contributed by atoms with van der Waals surface area (Å²) in [4.78, 5) is 31.7. The van der Waals surface area contributed by atoms with Crippen LogP contribution in [0, 0.1) is 5.82 Å². The van der Waals surface area contributed by atoms with Crippen LogP contribution in [0.2, 0.25) is 0 Å². The van der Waals surface area contributed by atoms with Crippen LogP contribution in [0.1, 0.15) is 61.0 Å². The van der Waals surface area contributed by atoms with E-state index in [0.29, 0.717) is 32.6 Å². The number of rotatable bonds is 11. The minimum absolute atomic E-state index is 0.0951. The highest BCUT2D eigenvalue weighted by Gasteiger charge is 2.23. The molecule has 34 heavy (non-hydrogen) atoms. The van der Waals surface area contributed by atoms with Gasteiger partial charge in [-0.25, -0.2) is 4.39 Å². The third kappa shape index (κ3) is 7.66. The van der Waals surface area contributed by atoms with Crippen molar-refractivity contribution in [1.82, 2.24) is 14.7 Å². The second kappa shape index (κ2) is 13.2. The van der Waals surface area contributed by atoms with E-state index in [0.717, 1.165) is 43.6 Å². The first-order valence-corrected chi connectivity index (χ1v) is 12.6. The fourth-order valence-corrected chi connectivity index (χ4v) is 4.29. The Hall–Kier alpha value is -2.73. The molecule has 5 nitrogen and oxygen atoms in total. The second-order valence-corrected chi connectivity index (χ2v) is 9.13. The monoisotopic (exact) mass is 467 g/mol. The summed E-state index contributed by atoms with van der Waals surface area (Å²) in [5, 5.41) is 0. The highest BCUT2D eigenvalue weighted by Crippen LogP contribution is 2.13. The fourth-order valence-electron chi connectivity index (χ4n) is 4.29. The first-order chi connectivity index (χ1) is 16.5. The first kappa shape index (κ1) is 25.9. The molecule has 1 aliphatic heterocycles. The zero-order chi connectivity index (χ0) is 24.3. The minimum Gasteiger partial charge on any atom is -0.337 e. The van der Waals surface area contributed by atoms with Gasteiger partial charge < -0.3 is 9.80 Å². The summed E-state index contributed by atoms with van der Waals surface area (Å²) in [5.74, 6) is -0.0455. The van der Waals surface area contributed by atoms with E-state index in [1.165, 1.54) is 30.5 Å². The van der Waals surface area contributed by atoms with Gasteiger partial charge in [0, 0.05) is 57.8 Å². The Morgan fingerprint density at radius 2 is 1.53 bits per heavy atom. The molecule has 0 atom stereocenters. The van der Waals surface area contributed by atoms with Crippen molar-refractivity contribution in [3.63, 3.8) is 0 Å².